The molecule has 1 aliphatic heterocycles. The number of hydrogen-bond acceptors (Lipinski definition) is 5. The van der Waals surface area contributed by atoms with E-state index in [4.69, 9.17) is 9.26 Å². The number of piperidine rings is 1. The number of urea groups is 1. The number of carbonyl (C=O) groups is 1. The number of nitrogens with zero attached hydrogens (tertiary/aromatic N) is 3. The van der Waals surface area contributed by atoms with E-state index in [1.807, 2.05) is 42.2 Å². The molecule has 140 valence electrons. The van der Waals surface area contributed by atoms with Crippen molar-refractivity contribution in [3.63, 3.8) is 0 Å². The Morgan fingerprint density at radius 3 is 3.04 bits per heavy atom. The summed E-state index contributed by atoms with van der Waals surface area (Å²) >= 11 is 0. The summed E-state index contributed by atoms with van der Waals surface area (Å²) < 4.78 is 11.1. The molecule has 1 aromatic carbocycles. The lowest BCUT2D eigenvalue weighted by Crippen LogP contribution is -2.44. The molecule has 0 bridgehead atoms. The first kappa shape index (κ1) is 18.4. The van der Waals surface area contributed by atoms with Gasteiger partial charge in [-0.05, 0) is 25.3 Å². The fraction of sp³-hybridized carbons (Fsp3) is 0.526. The molecule has 1 atom stereocenters. The second kappa shape index (κ2) is 9.33. The fourth-order valence-electron chi connectivity index (χ4n) is 3.09. The van der Waals surface area contributed by atoms with Gasteiger partial charge in [0.15, 0.2) is 5.82 Å². The van der Waals surface area contributed by atoms with Crippen LogP contribution in [0.1, 0.15) is 43.0 Å². The van der Waals surface area contributed by atoms with E-state index in [1.165, 1.54) is 0 Å². The van der Waals surface area contributed by atoms with Crippen molar-refractivity contribution >= 4 is 6.03 Å². The molecule has 1 aromatic heterocycles. The van der Waals surface area contributed by atoms with Gasteiger partial charge in [-0.15, -0.1) is 0 Å². The molecular formula is C19H26N4O3. The summed E-state index contributed by atoms with van der Waals surface area (Å²) in [6, 6.07) is 10.0. The minimum Gasteiger partial charge on any atom is -0.376 e. The topological polar surface area (TPSA) is 80.5 Å². The van der Waals surface area contributed by atoms with E-state index in [-0.39, 0.29) is 11.9 Å². The molecule has 2 heterocycles. The largest absolute Gasteiger partial charge is 0.376 e. The number of likely N-dealkylation sites (tertiary alicyclic amines) is 1. The van der Waals surface area contributed by atoms with E-state index in [2.05, 4.69) is 15.5 Å². The third-order valence-corrected chi connectivity index (χ3v) is 4.45. The number of rotatable bonds is 7. The number of aromatic nitrogens is 2. The third kappa shape index (κ3) is 5.05. The lowest BCUT2D eigenvalue weighted by Gasteiger charge is -2.30. The summed E-state index contributed by atoms with van der Waals surface area (Å²) in [4.78, 5) is 18.3. The second-order valence-corrected chi connectivity index (χ2v) is 6.46. The van der Waals surface area contributed by atoms with Crippen molar-refractivity contribution in [3.8, 4) is 0 Å². The van der Waals surface area contributed by atoms with Crippen molar-refractivity contribution in [2.45, 2.75) is 38.7 Å². The molecule has 0 spiro atoms. The van der Waals surface area contributed by atoms with E-state index in [1.54, 1.807) is 0 Å². The molecule has 2 amide bonds. The van der Waals surface area contributed by atoms with E-state index in [0.29, 0.717) is 44.4 Å². The van der Waals surface area contributed by atoms with Crippen LogP contribution in [0.3, 0.4) is 0 Å². The molecule has 7 nitrogen and oxygen atoms in total. The van der Waals surface area contributed by atoms with Gasteiger partial charge in [-0.25, -0.2) is 4.79 Å². The number of hydrogen-bond donors (Lipinski definition) is 1. The highest BCUT2D eigenvalue weighted by atomic mass is 16.5. The van der Waals surface area contributed by atoms with Gasteiger partial charge in [-0.3, -0.25) is 0 Å². The maximum atomic E-state index is 12.0. The molecule has 0 saturated carbocycles. The summed E-state index contributed by atoms with van der Waals surface area (Å²) in [5.41, 5.74) is 1.15. The summed E-state index contributed by atoms with van der Waals surface area (Å²) in [6.45, 7) is 5.07. The van der Waals surface area contributed by atoms with Gasteiger partial charge in [0.2, 0.25) is 5.89 Å². The van der Waals surface area contributed by atoms with Gasteiger partial charge < -0.3 is 19.5 Å². The average molecular weight is 358 g/mol. The number of ether oxygens (including phenoxy) is 1. The number of nitrogens with one attached hydrogen (secondary N) is 1. The Hall–Kier alpha value is -2.41. The Labute approximate surface area is 153 Å². The smallest absolute Gasteiger partial charge is 0.317 e. The fourth-order valence-corrected chi connectivity index (χ4v) is 3.09. The van der Waals surface area contributed by atoms with Crippen molar-refractivity contribution < 1.29 is 14.1 Å². The Balaban J connectivity index is 1.45. The normalized spacial score (nSPS) is 17.3. The van der Waals surface area contributed by atoms with Crippen molar-refractivity contribution in [1.29, 1.82) is 0 Å². The van der Waals surface area contributed by atoms with Crippen molar-refractivity contribution in [3.05, 3.63) is 47.6 Å². The second-order valence-electron chi connectivity index (χ2n) is 6.46. The molecule has 0 aliphatic carbocycles. The van der Waals surface area contributed by atoms with Gasteiger partial charge in [0.05, 0.1) is 19.1 Å². The maximum Gasteiger partial charge on any atom is 0.317 e. The van der Waals surface area contributed by atoms with Crippen LogP contribution >= 0.6 is 0 Å². The monoisotopic (exact) mass is 358 g/mol. The zero-order valence-electron chi connectivity index (χ0n) is 15.2. The highest BCUT2D eigenvalue weighted by molar-refractivity contribution is 5.74. The van der Waals surface area contributed by atoms with Crippen LogP contribution in [0.25, 0.3) is 0 Å². The lowest BCUT2D eigenvalue weighted by atomic mass is 9.98. The van der Waals surface area contributed by atoms with E-state index >= 15 is 0 Å². The summed E-state index contributed by atoms with van der Waals surface area (Å²) in [6.07, 6.45) is 2.52. The van der Waals surface area contributed by atoms with Crippen LogP contribution in [0.5, 0.6) is 0 Å². The zero-order chi connectivity index (χ0) is 18.2. The summed E-state index contributed by atoms with van der Waals surface area (Å²) in [5, 5.41) is 6.90. The minimum atomic E-state index is -0.0220. The van der Waals surface area contributed by atoms with E-state index < -0.39 is 0 Å². The Morgan fingerprint density at radius 2 is 2.23 bits per heavy atom. The highest BCUT2D eigenvalue weighted by Crippen LogP contribution is 2.25. The molecule has 1 aliphatic rings. The number of carbonyl (C=O) groups excluding carboxylic acids is 1. The minimum absolute atomic E-state index is 0.0220. The number of benzene rings is 1. The van der Waals surface area contributed by atoms with Crippen molar-refractivity contribution in [2.24, 2.45) is 0 Å². The summed E-state index contributed by atoms with van der Waals surface area (Å²) in [7, 11) is 0. The highest BCUT2D eigenvalue weighted by Gasteiger charge is 2.28. The Bertz CT molecular complexity index is 689. The first-order valence-electron chi connectivity index (χ1n) is 9.23. The van der Waals surface area contributed by atoms with E-state index in [0.717, 1.165) is 24.9 Å². The van der Waals surface area contributed by atoms with Crippen LogP contribution in [-0.2, 0) is 17.8 Å². The van der Waals surface area contributed by atoms with Crippen LogP contribution in [0.15, 0.2) is 34.9 Å². The number of amides is 2. The predicted molar refractivity (Wildman–Crippen MR) is 96.7 cm³/mol. The molecule has 1 N–H and O–H groups in total. The predicted octanol–water partition coefficient (Wildman–Crippen LogP) is 2.74. The molecular weight excluding hydrogens is 332 g/mol. The van der Waals surface area contributed by atoms with Gasteiger partial charge in [-0.1, -0.05) is 35.5 Å². The van der Waals surface area contributed by atoms with Gasteiger partial charge in [-0.2, -0.15) is 4.98 Å². The van der Waals surface area contributed by atoms with Crippen molar-refractivity contribution in [1.82, 2.24) is 20.4 Å². The lowest BCUT2D eigenvalue weighted by molar-refractivity contribution is 0.122. The van der Waals surface area contributed by atoms with E-state index in [9.17, 15) is 4.79 Å². The standard InChI is InChI=1S/C19H26N4O3/c1-2-20-19(24)23-11-6-9-16(13-23)18-21-17(22-26-18)10-12-25-14-15-7-4-3-5-8-15/h3-5,7-8,16H,2,6,9-14H2,1H3,(H,20,24). The molecule has 2 aromatic rings. The van der Waals surface area contributed by atoms with Crippen LogP contribution in [0.2, 0.25) is 0 Å². The zero-order valence-corrected chi connectivity index (χ0v) is 15.2. The first-order chi connectivity index (χ1) is 12.8. The Kier molecular flexibility index (Phi) is 6.60. The third-order valence-electron chi connectivity index (χ3n) is 4.45. The molecule has 7 heteroatoms. The molecule has 1 fully saturated rings. The quantitative estimate of drug-likeness (QED) is 0.770. The molecule has 1 unspecified atom stereocenters. The Morgan fingerprint density at radius 1 is 1.38 bits per heavy atom. The van der Waals surface area contributed by atoms with Gasteiger partial charge in [0.25, 0.3) is 0 Å². The first-order valence-corrected chi connectivity index (χ1v) is 9.23. The SMILES string of the molecule is CCNC(=O)N1CCCC(c2nc(CCOCc3ccccc3)no2)C1. The maximum absolute atomic E-state index is 12.0. The molecule has 1 saturated heterocycles. The van der Waals surface area contributed by atoms with Gasteiger partial charge in [0.1, 0.15) is 0 Å². The molecule has 0 radical (unpaired) electrons. The van der Waals surface area contributed by atoms with Crippen molar-refractivity contribution in [2.75, 3.05) is 26.2 Å². The van der Waals surface area contributed by atoms with Crippen LogP contribution in [0, 0.1) is 0 Å². The molecule has 26 heavy (non-hydrogen) atoms. The summed E-state index contributed by atoms with van der Waals surface area (Å²) in [5.74, 6) is 1.39. The van der Waals surface area contributed by atoms with Crippen LogP contribution in [-0.4, -0.2) is 47.3 Å². The molecule has 3 rings (SSSR count). The van der Waals surface area contributed by atoms with Gasteiger partial charge >= 0.3 is 6.03 Å². The average Bonchev–Trinajstić information content (AvgIpc) is 3.15. The van der Waals surface area contributed by atoms with Crippen LogP contribution in [0.4, 0.5) is 4.79 Å². The van der Waals surface area contributed by atoms with Crippen LogP contribution < -0.4 is 5.32 Å². The van der Waals surface area contributed by atoms with Gasteiger partial charge in [0, 0.05) is 26.1 Å².